The molecule has 0 aromatic rings. The Kier molecular flexibility index (Phi) is 6.17. The highest BCUT2D eigenvalue weighted by atomic mass is 16.5. The Labute approximate surface area is 92.9 Å². The van der Waals surface area contributed by atoms with Crippen LogP contribution in [0.5, 0.6) is 0 Å². The lowest BCUT2D eigenvalue weighted by atomic mass is 10.2. The maximum atomic E-state index is 5.45. The van der Waals surface area contributed by atoms with E-state index in [1.165, 1.54) is 0 Å². The van der Waals surface area contributed by atoms with Crippen LogP contribution in [0.25, 0.3) is 0 Å². The largest absolute Gasteiger partial charge is 0.383 e. The molecule has 4 heteroatoms. The first-order chi connectivity index (χ1) is 7.27. The molecule has 1 fully saturated rings. The van der Waals surface area contributed by atoms with Crippen molar-refractivity contribution in [3.63, 3.8) is 0 Å². The highest BCUT2D eigenvalue weighted by Crippen LogP contribution is 2.03. The molecule has 0 amide bonds. The maximum absolute atomic E-state index is 5.45. The molecule has 1 saturated heterocycles. The van der Waals surface area contributed by atoms with E-state index in [-0.39, 0.29) is 0 Å². The third-order valence-corrected chi connectivity index (χ3v) is 2.89. The van der Waals surface area contributed by atoms with Gasteiger partial charge in [-0.05, 0) is 13.5 Å². The Balaban J connectivity index is 2.30. The van der Waals surface area contributed by atoms with Crippen molar-refractivity contribution < 1.29 is 9.47 Å². The molecule has 1 aliphatic heterocycles. The summed E-state index contributed by atoms with van der Waals surface area (Å²) >= 11 is 0. The normalized spacial score (nSPS) is 24.4. The van der Waals surface area contributed by atoms with E-state index in [1.807, 2.05) is 0 Å². The summed E-state index contributed by atoms with van der Waals surface area (Å²) in [6.45, 7) is 9.94. The lowest BCUT2D eigenvalue weighted by Crippen LogP contribution is -2.51. The Morgan fingerprint density at radius 3 is 2.93 bits per heavy atom. The number of ether oxygens (including phenoxy) is 2. The fourth-order valence-corrected chi connectivity index (χ4v) is 1.99. The summed E-state index contributed by atoms with van der Waals surface area (Å²) in [5.41, 5.74) is 0. The summed E-state index contributed by atoms with van der Waals surface area (Å²) in [6.07, 6.45) is 0. The molecule has 4 nitrogen and oxygen atoms in total. The van der Waals surface area contributed by atoms with E-state index in [4.69, 9.17) is 9.47 Å². The molecular formula is C11H24N2O2. The summed E-state index contributed by atoms with van der Waals surface area (Å²) in [5, 5.41) is 3.47. The summed E-state index contributed by atoms with van der Waals surface area (Å²) in [6, 6.07) is 0.946. The lowest BCUT2D eigenvalue weighted by Gasteiger charge is -2.33. The van der Waals surface area contributed by atoms with E-state index in [1.54, 1.807) is 7.11 Å². The predicted molar refractivity (Wildman–Crippen MR) is 61.2 cm³/mol. The van der Waals surface area contributed by atoms with E-state index in [2.05, 4.69) is 24.1 Å². The molecule has 0 aromatic heterocycles. The van der Waals surface area contributed by atoms with Crippen LogP contribution in [0, 0.1) is 0 Å². The van der Waals surface area contributed by atoms with E-state index < -0.39 is 0 Å². The molecule has 0 aliphatic carbocycles. The van der Waals surface area contributed by atoms with Crippen LogP contribution in [-0.4, -0.2) is 63.5 Å². The van der Waals surface area contributed by atoms with Crippen molar-refractivity contribution in [1.29, 1.82) is 0 Å². The van der Waals surface area contributed by atoms with E-state index >= 15 is 0 Å². The van der Waals surface area contributed by atoms with Gasteiger partial charge in [-0.2, -0.15) is 0 Å². The first-order valence-electron chi connectivity index (χ1n) is 5.82. The molecule has 90 valence electrons. The van der Waals surface area contributed by atoms with Crippen molar-refractivity contribution in [2.24, 2.45) is 0 Å². The third kappa shape index (κ3) is 4.47. The van der Waals surface area contributed by atoms with E-state index in [0.29, 0.717) is 12.1 Å². The zero-order valence-electron chi connectivity index (χ0n) is 10.2. The molecule has 2 unspecified atom stereocenters. The van der Waals surface area contributed by atoms with Gasteiger partial charge < -0.3 is 14.8 Å². The van der Waals surface area contributed by atoms with Crippen molar-refractivity contribution in [3.8, 4) is 0 Å². The van der Waals surface area contributed by atoms with Gasteiger partial charge in [0.15, 0.2) is 0 Å². The topological polar surface area (TPSA) is 33.7 Å². The van der Waals surface area contributed by atoms with Gasteiger partial charge in [-0.1, -0.05) is 6.92 Å². The molecule has 0 radical (unpaired) electrons. The van der Waals surface area contributed by atoms with Crippen LogP contribution in [0.2, 0.25) is 0 Å². The lowest BCUT2D eigenvalue weighted by molar-refractivity contribution is 0.0441. The monoisotopic (exact) mass is 216 g/mol. The maximum Gasteiger partial charge on any atom is 0.0632 e. The van der Waals surface area contributed by atoms with Crippen LogP contribution in [-0.2, 0) is 9.47 Å². The van der Waals surface area contributed by atoms with Gasteiger partial charge in [-0.25, -0.2) is 0 Å². The summed E-state index contributed by atoms with van der Waals surface area (Å²) in [7, 11) is 1.76. The molecule has 1 aliphatic rings. The zero-order chi connectivity index (χ0) is 11.1. The number of likely N-dealkylation sites (N-methyl/N-ethyl adjacent to an activating group) is 1. The molecule has 0 saturated carbocycles. The van der Waals surface area contributed by atoms with Crippen LogP contribution >= 0.6 is 0 Å². The van der Waals surface area contributed by atoms with Gasteiger partial charge >= 0.3 is 0 Å². The molecule has 15 heavy (non-hydrogen) atoms. The molecule has 1 heterocycles. The van der Waals surface area contributed by atoms with Crippen LogP contribution in [0.4, 0.5) is 0 Å². The number of nitrogens with one attached hydrogen (secondary N) is 1. The van der Waals surface area contributed by atoms with Crippen LogP contribution in [0.15, 0.2) is 0 Å². The number of rotatable bonds is 6. The molecule has 0 bridgehead atoms. The van der Waals surface area contributed by atoms with Crippen molar-refractivity contribution in [2.75, 3.05) is 46.6 Å². The third-order valence-electron chi connectivity index (χ3n) is 2.89. The van der Waals surface area contributed by atoms with Gasteiger partial charge in [-0.3, -0.25) is 4.90 Å². The van der Waals surface area contributed by atoms with E-state index in [9.17, 15) is 0 Å². The second-order valence-electron chi connectivity index (χ2n) is 4.12. The Morgan fingerprint density at radius 1 is 1.60 bits per heavy atom. The quantitative estimate of drug-likeness (QED) is 0.694. The van der Waals surface area contributed by atoms with Crippen molar-refractivity contribution in [2.45, 2.75) is 25.9 Å². The molecular weight excluding hydrogens is 192 g/mol. The Morgan fingerprint density at radius 2 is 2.40 bits per heavy atom. The summed E-state index contributed by atoms with van der Waals surface area (Å²) in [4.78, 5) is 2.43. The average molecular weight is 216 g/mol. The Bertz CT molecular complexity index is 161. The fraction of sp³-hybridized carbons (Fsp3) is 1.00. The van der Waals surface area contributed by atoms with Gasteiger partial charge in [0.1, 0.15) is 0 Å². The average Bonchev–Trinajstić information content (AvgIpc) is 2.27. The predicted octanol–water partition coefficient (Wildman–Crippen LogP) is 0.332. The van der Waals surface area contributed by atoms with Crippen molar-refractivity contribution in [3.05, 3.63) is 0 Å². The number of morpholine rings is 1. The smallest absolute Gasteiger partial charge is 0.0632 e. The van der Waals surface area contributed by atoms with E-state index in [0.717, 1.165) is 39.5 Å². The minimum Gasteiger partial charge on any atom is -0.383 e. The van der Waals surface area contributed by atoms with Gasteiger partial charge in [0.25, 0.3) is 0 Å². The minimum absolute atomic E-state index is 0.470. The molecule has 1 rings (SSSR count). The highest BCUT2D eigenvalue weighted by Gasteiger charge is 2.19. The second kappa shape index (κ2) is 7.17. The first kappa shape index (κ1) is 12.9. The van der Waals surface area contributed by atoms with Gasteiger partial charge in [0.2, 0.25) is 0 Å². The number of hydrogen-bond acceptors (Lipinski definition) is 4. The molecule has 1 N–H and O–H groups in total. The molecule has 0 aromatic carbocycles. The fourth-order valence-electron chi connectivity index (χ4n) is 1.99. The van der Waals surface area contributed by atoms with Crippen LogP contribution in [0.1, 0.15) is 13.8 Å². The molecule has 0 spiro atoms. The number of nitrogens with zero attached hydrogens (tertiary/aromatic N) is 1. The summed E-state index contributed by atoms with van der Waals surface area (Å²) < 4.78 is 10.6. The second-order valence-corrected chi connectivity index (χ2v) is 4.12. The van der Waals surface area contributed by atoms with Crippen LogP contribution < -0.4 is 5.32 Å². The Hall–Kier alpha value is -0.160. The minimum atomic E-state index is 0.470. The number of hydrogen-bond donors (Lipinski definition) is 1. The van der Waals surface area contributed by atoms with Crippen LogP contribution in [0.3, 0.4) is 0 Å². The van der Waals surface area contributed by atoms with Gasteiger partial charge in [0, 0.05) is 32.3 Å². The van der Waals surface area contributed by atoms with Gasteiger partial charge in [-0.15, -0.1) is 0 Å². The zero-order valence-corrected chi connectivity index (χ0v) is 10.2. The SMILES string of the molecule is CCN(CC1COCCN1)C(C)COC. The highest BCUT2D eigenvalue weighted by molar-refractivity contribution is 4.77. The first-order valence-corrected chi connectivity index (χ1v) is 5.82. The number of methoxy groups -OCH3 is 1. The van der Waals surface area contributed by atoms with Gasteiger partial charge in [0.05, 0.1) is 19.8 Å². The molecule has 2 atom stereocenters. The van der Waals surface area contributed by atoms with Crippen molar-refractivity contribution >= 4 is 0 Å². The van der Waals surface area contributed by atoms with Crippen molar-refractivity contribution in [1.82, 2.24) is 10.2 Å². The summed E-state index contributed by atoms with van der Waals surface area (Å²) in [5.74, 6) is 0. The standard InChI is InChI=1S/C11H24N2O2/c1-4-13(10(2)8-14-3)7-11-9-15-6-5-12-11/h10-12H,4-9H2,1-3H3.